The molecule has 0 fully saturated rings. The molecule has 24 heavy (non-hydrogen) atoms. The number of carbonyl (C=O) groups excluding carboxylic acids is 1. The Morgan fingerprint density at radius 1 is 1.25 bits per heavy atom. The van der Waals surface area contributed by atoms with Crippen LogP contribution in [0, 0.1) is 19.7 Å². The second-order valence-electron chi connectivity index (χ2n) is 5.59. The van der Waals surface area contributed by atoms with Crippen LogP contribution >= 0.6 is 0 Å². The molecule has 0 spiro atoms. The van der Waals surface area contributed by atoms with Gasteiger partial charge in [0, 0.05) is 18.4 Å². The first kappa shape index (κ1) is 17.7. The Morgan fingerprint density at radius 3 is 2.62 bits per heavy atom. The number of anilines is 1. The Balaban J connectivity index is 2.07. The molecule has 1 aromatic carbocycles. The Bertz CT molecular complexity index is 756. The first-order valence-corrected chi connectivity index (χ1v) is 7.67. The molecule has 6 nitrogen and oxygen atoms in total. The van der Waals surface area contributed by atoms with E-state index < -0.39 is 5.97 Å². The lowest BCUT2D eigenvalue weighted by Crippen LogP contribution is -2.13. The number of hydrogen-bond acceptors (Lipinski definition) is 3. The minimum atomic E-state index is -0.923. The summed E-state index contributed by atoms with van der Waals surface area (Å²) in [5.74, 6) is -1.48. The topological polar surface area (TPSA) is 84.2 Å². The molecule has 0 aliphatic rings. The van der Waals surface area contributed by atoms with Gasteiger partial charge in [0.05, 0.1) is 23.6 Å². The molecule has 0 aliphatic heterocycles. The van der Waals surface area contributed by atoms with Gasteiger partial charge in [-0.3, -0.25) is 14.3 Å². The lowest BCUT2D eigenvalue weighted by molar-refractivity contribution is -0.137. The summed E-state index contributed by atoms with van der Waals surface area (Å²) < 4.78 is 15.4. The largest absolute Gasteiger partial charge is 0.481 e. The van der Waals surface area contributed by atoms with E-state index in [1.54, 1.807) is 36.7 Å². The highest BCUT2D eigenvalue weighted by molar-refractivity contribution is 5.92. The van der Waals surface area contributed by atoms with E-state index in [0.29, 0.717) is 16.9 Å². The number of benzene rings is 1. The van der Waals surface area contributed by atoms with Gasteiger partial charge >= 0.3 is 5.97 Å². The van der Waals surface area contributed by atoms with E-state index >= 15 is 0 Å². The summed E-state index contributed by atoms with van der Waals surface area (Å²) in [5, 5.41) is 15.7. The van der Waals surface area contributed by atoms with Crippen LogP contribution in [0.25, 0.3) is 0 Å². The normalized spacial score (nSPS) is 10.6. The fourth-order valence-corrected chi connectivity index (χ4v) is 2.42. The van der Waals surface area contributed by atoms with E-state index in [1.807, 2.05) is 0 Å². The summed E-state index contributed by atoms with van der Waals surface area (Å²) in [6.45, 7) is 3.83. The summed E-state index contributed by atoms with van der Waals surface area (Å²) in [7, 11) is 0. The molecule has 2 aromatic rings. The van der Waals surface area contributed by atoms with Crippen molar-refractivity contribution in [3.8, 4) is 0 Å². The second-order valence-corrected chi connectivity index (χ2v) is 5.59. The van der Waals surface area contributed by atoms with E-state index in [9.17, 15) is 14.0 Å². The molecule has 0 atom stereocenters. The van der Waals surface area contributed by atoms with Crippen molar-refractivity contribution >= 4 is 17.6 Å². The highest BCUT2D eigenvalue weighted by atomic mass is 19.1. The molecular formula is C17H20FN3O3. The van der Waals surface area contributed by atoms with Crippen molar-refractivity contribution < 1.29 is 19.1 Å². The number of rotatable bonds is 7. The lowest BCUT2D eigenvalue weighted by Gasteiger charge is -2.08. The number of hydrogen-bond donors (Lipinski definition) is 2. The van der Waals surface area contributed by atoms with Gasteiger partial charge in [-0.2, -0.15) is 5.10 Å². The SMILES string of the molecule is Cc1nn(Cc2ccccc2F)c(C)c1NC(=O)CCCC(=O)O. The Hall–Kier alpha value is -2.70. The number of halogens is 1. The first-order chi connectivity index (χ1) is 11.4. The molecule has 0 radical (unpaired) electrons. The number of aromatic nitrogens is 2. The minimum absolute atomic E-state index is 0.0437. The lowest BCUT2D eigenvalue weighted by atomic mass is 10.2. The average molecular weight is 333 g/mol. The predicted octanol–water partition coefficient (Wildman–Crippen LogP) is 2.88. The average Bonchev–Trinajstić information content (AvgIpc) is 2.77. The van der Waals surface area contributed by atoms with Gasteiger partial charge in [0.15, 0.2) is 0 Å². The Kier molecular flexibility index (Phi) is 5.68. The zero-order valence-electron chi connectivity index (χ0n) is 13.7. The number of nitrogens with one attached hydrogen (secondary N) is 1. The second kappa shape index (κ2) is 7.72. The van der Waals surface area contributed by atoms with Crippen LogP contribution < -0.4 is 5.32 Å². The van der Waals surface area contributed by atoms with Crippen LogP contribution in [0.3, 0.4) is 0 Å². The number of carbonyl (C=O) groups is 2. The van der Waals surface area contributed by atoms with Crippen LogP contribution in [-0.2, 0) is 16.1 Å². The monoisotopic (exact) mass is 333 g/mol. The number of aryl methyl sites for hydroxylation is 1. The van der Waals surface area contributed by atoms with Crippen molar-refractivity contribution in [1.82, 2.24) is 9.78 Å². The quantitative estimate of drug-likeness (QED) is 0.816. The zero-order chi connectivity index (χ0) is 17.7. The van der Waals surface area contributed by atoms with Gasteiger partial charge in [-0.25, -0.2) is 4.39 Å². The van der Waals surface area contributed by atoms with Crippen molar-refractivity contribution in [2.24, 2.45) is 0 Å². The van der Waals surface area contributed by atoms with Gasteiger partial charge in [0.1, 0.15) is 5.82 Å². The maximum absolute atomic E-state index is 13.8. The fourth-order valence-electron chi connectivity index (χ4n) is 2.42. The fraction of sp³-hybridized carbons (Fsp3) is 0.353. The summed E-state index contributed by atoms with van der Waals surface area (Å²) in [6, 6.07) is 6.47. The van der Waals surface area contributed by atoms with Crippen molar-refractivity contribution in [2.45, 2.75) is 39.7 Å². The standard InChI is InChI=1S/C17H20FN3O3/c1-11-17(19-15(22)8-5-9-16(23)24)12(2)21(20-11)10-13-6-3-4-7-14(13)18/h3-4,6-7H,5,8-10H2,1-2H3,(H,19,22)(H,23,24). The maximum Gasteiger partial charge on any atom is 0.303 e. The summed E-state index contributed by atoms with van der Waals surface area (Å²) in [4.78, 5) is 22.4. The molecule has 0 aliphatic carbocycles. The Morgan fingerprint density at radius 2 is 1.96 bits per heavy atom. The Labute approximate surface area is 139 Å². The number of aliphatic carboxylic acids is 1. The van der Waals surface area contributed by atoms with Gasteiger partial charge in [0.25, 0.3) is 0 Å². The van der Waals surface area contributed by atoms with Crippen molar-refractivity contribution in [3.63, 3.8) is 0 Å². The van der Waals surface area contributed by atoms with Crippen LogP contribution in [0.15, 0.2) is 24.3 Å². The van der Waals surface area contributed by atoms with Crippen LogP contribution in [-0.4, -0.2) is 26.8 Å². The predicted molar refractivity (Wildman–Crippen MR) is 87.3 cm³/mol. The molecule has 7 heteroatoms. The van der Waals surface area contributed by atoms with Crippen LogP contribution in [0.1, 0.15) is 36.2 Å². The van der Waals surface area contributed by atoms with E-state index in [-0.39, 0.29) is 37.5 Å². The molecule has 0 saturated heterocycles. The van der Waals surface area contributed by atoms with E-state index in [1.165, 1.54) is 6.07 Å². The molecule has 0 saturated carbocycles. The molecule has 2 N–H and O–H groups in total. The first-order valence-electron chi connectivity index (χ1n) is 7.67. The highest BCUT2D eigenvalue weighted by Crippen LogP contribution is 2.21. The molecule has 2 rings (SSSR count). The highest BCUT2D eigenvalue weighted by Gasteiger charge is 2.15. The zero-order valence-corrected chi connectivity index (χ0v) is 13.7. The van der Waals surface area contributed by atoms with Crippen molar-refractivity contribution in [1.29, 1.82) is 0 Å². The summed E-state index contributed by atoms with van der Waals surface area (Å²) >= 11 is 0. The molecule has 1 amide bonds. The van der Waals surface area contributed by atoms with E-state index in [0.717, 1.165) is 5.69 Å². The third kappa shape index (κ3) is 4.41. The van der Waals surface area contributed by atoms with Gasteiger partial charge in [-0.15, -0.1) is 0 Å². The van der Waals surface area contributed by atoms with Gasteiger partial charge in [-0.05, 0) is 26.3 Å². The molecule has 1 heterocycles. The van der Waals surface area contributed by atoms with Crippen LogP contribution in [0.4, 0.5) is 10.1 Å². The third-order valence-corrected chi connectivity index (χ3v) is 3.72. The number of nitrogens with zero attached hydrogens (tertiary/aromatic N) is 2. The number of carboxylic acids is 1. The maximum atomic E-state index is 13.8. The molecule has 1 aromatic heterocycles. The third-order valence-electron chi connectivity index (χ3n) is 3.72. The summed E-state index contributed by atoms with van der Waals surface area (Å²) in [5.41, 5.74) is 2.46. The summed E-state index contributed by atoms with van der Waals surface area (Å²) in [6.07, 6.45) is 0.365. The smallest absolute Gasteiger partial charge is 0.303 e. The van der Waals surface area contributed by atoms with Crippen molar-refractivity contribution in [2.75, 3.05) is 5.32 Å². The van der Waals surface area contributed by atoms with Crippen LogP contribution in [0.5, 0.6) is 0 Å². The van der Waals surface area contributed by atoms with Gasteiger partial charge in [-0.1, -0.05) is 18.2 Å². The van der Waals surface area contributed by atoms with E-state index in [4.69, 9.17) is 5.11 Å². The van der Waals surface area contributed by atoms with Crippen LogP contribution in [0.2, 0.25) is 0 Å². The molecule has 128 valence electrons. The van der Waals surface area contributed by atoms with Gasteiger partial charge in [0.2, 0.25) is 5.91 Å². The minimum Gasteiger partial charge on any atom is -0.481 e. The molecule has 0 bridgehead atoms. The molecular weight excluding hydrogens is 313 g/mol. The van der Waals surface area contributed by atoms with Gasteiger partial charge < -0.3 is 10.4 Å². The molecule has 0 unspecified atom stereocenters. The number of amides is 1. The number of carboxylic acid groups (broad SMARTS) is 1. The van der Waals surface area contributed by atoms with E-state index in [2.05, 4.69) is 10.4 Å². The van der Waals surface area contributed by atoms with Crippen molar-refractivity contribution in [3.05, 3.63) is 47.0 Å².